The van der Waals surface area contributed by atoms with Crippen molar-refractivity contribution >= 4 is 11.0 Å². The maximum Gasteiger partial charge on any atom is 0.239 e. The van der Waals surface area contributed by atoms with Crippen LogP contribution in [0.5, 0.6) is 23.0 Å². The van der Waals surface area contributed by atoms with Gasteiger partial charge in [0.2, 0.25) is 11.2 Å². The number of ether oxygens (including phenoxy) is 1. The molecule has 0 unspecified atom stereocenters. The first kappa shape index (κ1) is 23.0. The Bertz CT molecular complexity index is 1240. The van der Waals surface area contributed by atoms with Crippen LogP contribution in [0.4, 0.5) is 0 Å². The molecule has 3 aromatic rings. The van der Waals surface area contributed by atoms with Crippen LogP contribution in [0.2, 0.25) is 0 Å². The molecule has 0 saturated carbocycles. The number of rotatable bonds is 7. The third-order valence-electron chi connectivity index (χ3n) is 5.28. The van der Waals surface area contributed by atoms with Gasteiger partial charge in [-0.15, -0.1) is 0 Å². The third-order valence-corrected chi connectivity index (χ3v) is 5.28. The number of allylic oxidation sites excluding steroid dienone is 4. The molecule has 0 saturated heterocycles. The SMILES string of the molecule is COc1c(-c2ccc(O)cc2)oc2cc(O)c(C/C=C(\C)CCC=C(C)C)c(O)c2c1=O. The predicted molar refractivity (Wildman–Crippen MR) is 126 cm³/mol. The highest BCUT2D eigenvalue weighted by molar-refractivity contribution is 5.90. The minimum Gasteiger partial charge on any atom is -0.508 e. The molecule has 1 aromatic heterocycles. The molecule has 0 radical (unpaired) electrons. The normalized spacial score (nSPS) is 11.6. The Hall–Kier alpha value is -3.67. The van der Waals surface area contributed by atoms with Crippen LogP contribution in [-0.4, -0.2) is 22.4 Å². The molecule has 32 heavy (non-hydrogen) atoms. The fraction of sp³-hybridized carbons (Fsp3) is 0.269. The van der Waals surface area contributed by atoms with Gasteiger partial charge in [0.05, 0.1) is 7.11 Å². The first-order valence-corrected chi connectivity index (χ1v) is 10.4. The molecular weight excluding hydrogens is 408 g/mol. The van der Waals surface area contributed by atoms with Crippen molar-refractivity contribution in [2.45, 2.75) is 40.0 Å². The van der Waals surface area contributed by atoms with Gasteiger partial charge in [-0.05, 0) is 64.3 Å². The Morgan fingerprint density at radius 3 is 2.38 bits per heavy atom. The molecule has 0 atom stereocenters. The van der Waals surface area contributed by atoms with E-state index in [-0.39, 0.29) is 51.7 Å². The first-order chi connectivity index (χ1) is 15.2. The van der Waals surface area contributed by atoms with Gasteiger partial charge in [0.25, 0.3) is 0 Å². The summed E-state index contributed by atoms with van der Waals surface area (Å²) in [5.41, 5.74) is 2.65. The van der Waals surface area contributed by atoms with Crippen molar-refractivity contribution in [1.82, 2.24) is 0 Å². The quantitative estimate of drug-likeness (QED) is 0.404. The molecule has 0 amide bonds. The number of hydrogen-bond donors (Lipinski definition) is 3. The molecule has 0 spiro atoms. The second kappa shape index (κ2) is 9.64. The zero-order valence-electron chi connectivity index (χ0n) is 18.7. The van der Waals surface area contributed by atoms with Crippen molar-refractivity contribution in [3.63, 3.8) is 0 Å². The minimum atomic E-state index is -0.542. The number of hydrogen-bond acceptors (Lipinski definition) is 6. The van der Waals surface area contributed by atoms with E-state index in [4.69, 9.17) is 9.15 Å². The fourth-order valence-electron chi connectivity index (χ4n) is 3.50. The topological polar surface area (TPSA) is 100 Å². The lowest BCUT2D eigenvalue weighted by molar-refractivity contribution is 0.396. The van der Waals surface area contributed by atoms with Crippen LogP contribution in [0.3, 0.4) is 0 Å². The van der Waals surface area contributed by atoms with Crippen LogP contribution in [0.15, 0.2) is 62.8 Å². The summed E-state index contributed by atoms with van der Waals surface area (Å²) in [6.07, 6.45) is 6.15. The zero-order chi connectivity index (χ0) is 23.4. The van der Waals surface area contributed by atoms with Crippen LogP contribution < -0.4 is 10.2 Å². The van der Waals surface area contributed by atoms with Gasteiger partial charge < -0.3 is 24.5 Å². The van der Waals surface area contributed by atoms with E-state index >= 15 is 0 Å². The van der Waals surface area contributed by atoms with Crippen LogP contribution >= 0.6 is 0 Å². The summed E-state index contributed by atoms with van der Waals surface area (Å²) in [4.78, 5) is 13.2. The first-order valence-electron chi connectivity index (χ1n) is 10.4. The van der Waals surface area contributed by atoms with E-state index in [1.54, 1.807) is 12.1 Å². The third kappa shape index (κ3) is 4.80. The number of fused-ring (bicyclic) bond motifs is 1. The van der Waals surface area contributed by atoms with Crippen LogP contribution in [0, 0.1) is 0 Å². The molecule has 3 rings (SSSR count). The van der Waals surface area contributed by atoms with Crippen LogP contribution in [0.25, 0.3) is 22.3 Å². The van der Waals surface area contributed by atoms with Gasteiger partial charge in [-0.2, -0.15) is 0 Å². The number of phenols is 3. The number of phenolic OH excluding ortho intramolecular Hbond substituents is 3. The maximum absolute atomic E-state index is 13.2. The Morgan fingerprint density at radius 1 is 1.06 bits per heavy atom. The van der Waals surface area contributed by atoms with Crippen molar-refractivity contribution in [1.29, 1.82) is 0 Å². The summed E-state index contributed by atoms with van der Waals surface area (Å²) in [7, 11) is 1.35. The summed E-state index contributed by atoms with van der Waals surface area (Å²) in [5, 5.41) is 30.9. The van der Waals surface area contributed by atoms with Gasteiger partial charge in [0, 0.05) is 17.2 Å². The van der Waals surface area contributed by atoms with E-state index in [1.807, 2.05) is 13.0 Å². The molecule has 0 aliphatic rings. The van der Waals surface area contributed by atoms with Crippen molar-refractivity contribution < 1.29 is 24.5 Å². The lowest BCUT2D eigenvalue weighted by atomic mass is 10.0. The van der Waals surface area contributed by atoms with Gasteiger partial charge in [-0.1, -0.05) is 23.3 Å². The number of aromatic hydroxyl groups is 3. The number of methoxy groups -OCH3 is 1. The fourth-order valence-corrected chi connectivity index (χ4v) is 3.50. The molecule has 6 heteroatoms. The molecule has 0 bridgehead atoms. The summed E-state index contributed by atoms with van der Waals surface area (Å²) in [6, 6.07) is 7.42. The van der Waals surface area contributed by atoms with E-state index in [0.29, 0.717) is 5.56 Å². The molecule has 2 aromatic carbocycles. The summed E-state index contributed by atoms with van der Waals surface area (Å²) in [6.45, 7) is 6.10. The Kier molecular flexibility index (Phi) is 6.93. The van der Waals surface area contributed by atoms with Gasteiger partial charge >= 0.3 is 0 Å². The second-order valence-corrected chi connectivity index (χ2v) is 8.01. The molecule has 3 N–H and O–H groups in total. The average molecular weight is 437 g/mol. The molecular formula is C26H28O6. The lowest BCUT2D eigenvalue weighted by Gasteiger charge is -2.13. The van der Waals surface area contributed by atoms with Gasteiger partial charge in [0.15, 0.2) is 5.76 Å². The number of benzene rings is 2. The Labute approximate surface area is 186 Å². The predicted octanol–water partition coefficient (Wildman–Crippen LogP) is 5.82. The van der Waals surface area contributed by atoms with Crippen molar-refractivity contribution in [3.05, 3.63) is 69.4 Å². The van der Waals surface area contributed by atoms with Crippen molar-refractivity contribution in [2.24, 2.45) is 0 Å². The van der Waals surface area contributed by atoms with Crippen LogP contribution in [-0.2, 0) is 6.42 Å². The molecule has 6 nitrogen and oxygen atoms in total. The smallest absolute Gasteiger partial charge is 0.239 e. The van der Waals surface area contributed by atoms with E-state index in [2.05, 4.69) is 19.9 Å². The summed E-state index contributed by atoms with van der Waals surface area (Å²) >= 11 is 0. The maximum atomic E-state index is 13.2. The Balaban J connectivity index is 2.06. The van der Waals surface area contributed by atoms with Gasteiger partial charge in [0.1, 0.15) is 28.2 Å². The monoisotopic (exact) mass is 436 g/mol. The molecule has 168 valence electrons. The van der Waals surface area contributed by atoms with Gasteiger partial charge in [-0.25, -0.2) is 0 Å². The van der Waals surface area contributed by atoms with Crippen molar-refractivity contribution in [2.75, 3.05) is 7.11 Å². The Morgan fingerprint density at radius 2 is 1.75 bits per heavy atom. The van der Waals surface area contributed by atoms with E-state index in [1.165, 1.54) is 30.9 Å². The second-order valence-electron chi connectivity index (χ2n) is 8.01. The molecule has 1 heterocycles. The highest BCUT2D eigenvalue weighted by Gasteiger charge is 2.22. The standard InChI is InChI=1S/C26H28O6/c1-15(2)6-5-7-16(3)8-13-19-20(28)14-21-22(23(19)29)24(30)26(31-4)25(32-21)17-9-11-18(27)12-10-17/h6,8-12,14,27-29H,5,7,13H2,1-4H3/b16-8+. The van der Waals surface area contributed by atoms with E-state index in [9.17, 15) is 20.1 Å². The largest absolute Gasteiger partial charge is 0.508 e. The molecule has 0 fully saturated rings. The summed E-state index contributed by atoms with van der Waals surface area (Å²) < 4.78 is 11.2. The van der Waals surface area contributed by atoms with Gasteiger partial charge in [-0.3, -0.25) is 4.79 Å². The summed E-state index contributed by atoms with van der Waals surface area (Å²) in [5.74, 6) is -0.332. The molecule has 0 aliphatic carbocycles. The lowest BCUT2D eigenvalue weighted by Crippen LogP contribution is -2.08. The molecule has 0 aliphatic heterocycles. The highest BCUT2D eigenvalue weighted by atomic mass is 16.5. The van der Waals surface area contributed by atoms with Crippen LogP contribution in [0.1, 0.15) is 39.2 Å². The van der Waals surface area contributed by atoms with E-state index < -0.39 is 5.43 Å². The van der Waals surface area contributed by atoms with E-state index in [0.717, 1.165) is 18.4 Å². The highest BCUT2D eigenvalue weighted by Crippen LogP contribution is 2.39. The average Bonchev–Trinajstić information content (AvgIpc) is 2.73. The van der Waals surface area contributed by atoms with Crippen molar-refractivity contribution in [3.8, 4) is 34.3 Å². The zero-order valence-corrected chi connectivity index (χ0v) is 18.7. The minimum absolute atomic E-state index is 0.0434.